The fraction of sp³-hybridized carbons (Fsp3) is 0.364. The molecule has 8 heteroatoms. The number of carbonyl (C=O) groups is 1. The van der Waals surface area contributed by atoms with Crippen LogP contribution in [0.1, 0.15) is 10.4 Å². The fourth-order valence-corrected chi connectivity index (χ4v) is 2.53. The maximum atomic E-state index is 13.6. The third-order valence-electron chi connectivity index (χ3n) is 2.75. The second kappa shape index (κ2) is 5.44. The SMILES string of the molecule is O=C(c1cc(S(=O)(=O)Cl)ccc1F)N1CCOCC1. The minimum atomic E-state index is -4.00. The van der Waals surface area contributed by atoms with Gasteiger partial charge in [-0.3, -0.25) is 4.79 Å². The van der Waals surface area contributed by atoms with Gasteiger partial charge in [0.15, 0.2) is 0 Å². The Morgan fingerprint density at radius 2 is 1.95 bits per heavy atom. The monoisotopic (exact) mass is 307 g/mol. The zero-order valence-electron chi connectivity index (χ0n) is 9.80. The molecule has 0 saturated carbocycles. The van der Waals surface area contributed by atoms with Gasteiger partial charge in [0.1, 0.15) is 5.82 Å². The molecule has 104 valence electrons. The molecule has 0 aromatic heterocycles. The molecule has 0 spiro atoms. The van der Waals surface area contributed by atoms with Crippen molar-refractivity contribution in [3.63, 3.8) is 0 Å². The first-order valence-electron chi connectivity index (χ1n) is 5.51. The number of amides is 1. The summed E-state index contributed by atoms with van der Waals surface area (Å²) in [6.45, 7) is 1.44. The average Bonchev–Trinajstić information content (AvgIpc) is 2.38. The van der Waals surface area contributed by atoms with E-state index in [-0.39, 0.29) is 10.5 Å². The molecule has 2 rings (SSSR count). The molecule has 1 saturated heterocycles. The first-order chi connectivity index (χ1) is 8.89. The minimum Gasteiger partial charge on any atom is -0.378 e. The molecule has 1 aliphatic heterocycles. The Kier molecular flexibility index (Phi) is 4.07. The summed E-state index contributed by atoms with van der Waals surface area (Å²) in [6, 6.07) is 2.90. The van der Waals surface area contributed by atoms with Crippen molar-refractivity contribution in [2.24, 2.45) is 0 Å². The van der Waals surface area contributed by atoms with Gasteiger partial charge in [0.05, 0.1) is 23.7 Å². The Bertz CT molecular complexity index is 599. The smallest absolute Gasteiger partial charge is 0.261 e. The summed E-state index contributed by atoms with van der Waals surface area (Å²) in [5, 5.41) is 0. The lowest BCUT2D eigenvalue weighted by atomic mass is 10.2. The van der Waals surface area contributed by atoms with E-state index < -0.39 is 20.8 Å². The van der Waals surface area contributed by atoms with Crippen LogP contribution in [-0.2, 0) is 13.8 Å². The van der Waals surface area contributed by atoms with Gasteiger partial charge >= 0.3 is 0 Å². The molecule has 1 fully saturated rings. The van der Waals surface area contributed by atoms with Crippen LogP contribution in [0.3, 0.4) is 0 Å². The maximum absolute atomic E-state index is 13.6. The van der Waals surface area contributed by atoms with Gasteiger partial charge in [-0.15, -0.1) is 0 Å². The molecule has 0 bridgehead atoms. The van der Waals surface area contributed by atoms with Gasteiger partial charge in [-0.25, -0.2) is 12.8 Å². The summed E-state index contributed by atoms with van der Waals surface area (Å²) >= 11 is 0. The topological polar surface area (TPSA) is 63.7 Å². The van der Waals surface area contributed by atoms with E-state index in [1.807, 2.05) is 0 Å². The van der Waals surface area contributed by atoms with Crippen molar-refractivity contribution in [1.29, 1.82) is 0 Å². The van der Waals surface area contributed by atoms with Gasteiger partial charge in [0, 0.05) is 23.8 Å². The number of halogens is 2. The predicted molar refractivity (Wildman–Crippen MR) is 66.2 cm³/mol. The van der Waals surface area contributed by atoms with Crippen LogP contribution in [0.15, 0.2) is 23.1 Å². The molecule has 1 heterocycles. The molecular weight excluding hydrogens is 297 g/mol. The number of benzene rings is 1. The number of nitrogens with zero attached hydrogens (tertiary/aromatic N) is 1. The number of hydrogen-bond acceptors (Lipinski definition) is 4. The summed E-state index contributed by atoms with van der Waals surface area (Å²) < 4.78 is 41.1. The Balaban J connectivity index is 2.35. The van der Waals surface area contributed by atoms with Crippen molar-refractivity contribution in [3.8, 4) is 0 Å². The van der Waals surface area contributed by atoms with Crippen LogP contribution in [-0.4, -0.2) is 45.5 Å². The summed E-state index contributed by atoms with van der Waals surface area (Å²) in [7, 11) is 1.18. The van der Waals surface area contributed by atoms with E-state index in [0.717, 1.165) is 18.2 Å². The van der Waals surface area contributed by atoms with Gasteiger partial charge < -0.3 is 9.64 Å². The van der Waals surface area contributed by atoms with Crippen molar-refractivity contribution in [2.75, 3.05) is 26.3 Å². The second-order valence-corrected chi connectivity index (χ2v) is 6.55. The van der Waals surface area contributed by atoms with Crippen LogP contribution >= 0.6 is 10.7 Å². The lowest BCUT2D eigenvalue weighted by molar-refractivity contribution is 0.0299. The van der Waals surface area contributed by atoms with E-state index in [1.54, 1.807) is 0 Å². The van der Waals surface area contributed by atoms with Crippen molar-refractivity contribution >= 4 is 25.6 Å². The molecule has 1 aliphatic rings. The van der Waals surface area contributed by atoms with Gasteiger partial charge in [0.2, 0.25) is 0 Å². The molecule has 1 aromatic carbocycles. The van der Waals surface area contributed by atoms with Crippen LogP contribution in [0.5, 0.6) is 0 Å². The highest BCUT2D eigenvalue weighted by molar-refractivity contribution is 8.13. The maximum Gasteiger partial charge on any atom is 0.261 e. The summed E-state index contributed by atoms with van der Waals surface area (Å²) in [4.78, 5) is 13.2. The molecule has 0 unspecified atom stereocenters. The fourth-order valence-electron chi connectivity index (χ4n) is 1.76. The molecule has 19 heavy (non-hydrogen) atoms. The molecule has 5 nitrogen and oxygen atoms in total. The molecule has 0 atom stereocenters. The summed E-state index contributed by atoms with van der Waals surface area (Å²) in [5.41, 5.74) is -0.302. The molecule has 0 radical (unpaired) electrons. The summed E-state index contributed by atoms with van der Waals surface area (Å²) in [5.74, 6) is -1.34. The standard InChI is InChI=1S/C11H11ClFNO4S/c12-19(16,17)8-1-2-10(13)9(7-8)11(15)14-3-5-18-6-4-14/h1-2,7H,3-6H2. The minimum absolute atomic E-state index is 0.299. The Morgan fingerprint density at radius 3 is 2.53 bits per heavy atom. The van der Waals surface area contributed by atoms with Gasteiger partial charge in [-0.05, 0) is 18.2 Å². The first-order valence-corrected chi connectivity index (χ1v) is 7.82. The number of hydrogen-bond donors (Lipinski definition) is 0. The Morgan fingerprint density at radius 1 is 1.32 bits per heavy atom. The predicted octanol–water partition coefficient (Wildman–Crippen LogP) is 1.23. The van der Waals surface area contributed by atoms with Crippen molar-refractivity contribution in [1.82, 2.24) is 4.90 Å². The van der Waals surface area contributed by atoms with Crippen LogP contribution in [0.2, 0.25) is 0 Å². The highest BCUT2D eigenvalue weighted by atomic mass is 35.7. The number of ether oxygens (including phenoxy) is 1. The van der Waals surface area contributed by atoms with Crippen molar-refractivity contribution in [2.45, 2.75) is 4.90 Å². The largest absolute Gasteiger partial charge is 0.378 e. The molecular formula is C11H11ClFNO4S. The van der Waals surface area contributed by atoms with E-state index in [4.69, 9.17) is 15.4 Å². The number of carbonyl (C=O) groups excluding carboxylic acids is 1. The van der Waals surface area contributed by atoms with E-state index >= 15 is 0 Å². The Labute approximate surface area is 114 Å². The molecule has 1 amide bonds. The van der Waals surface area contributed by atoms with E-state index in [1.165, 1.54) is 4.90 Å². The second-order valence-electron chi connectivity index (χ2n) is 3.98. The molecule has 1 aromatic rings. The van der Waals surface area contributed by atoms with E-state index in [9.17, 15) is 17.6 Å². The van der Waals surface area contributed by atoms with Gasteiger partial charge in [-0.1, -0.05) is 0 Å². The van der Waals surface area contributed by atoms with Crippen molar-refractivity contribution in [3.05, 3.63) is 29.6 Å². The first kappa shape index (κ1) is 14.2. The van der Waals surface area contributed by atoms with Gasteiger partial charge in [-0.2, -0.15) is 0 Å². The highest BCUT2D eigenvalue weighted by Gasteiger charge is 2.23. The van der Waals surface area contributed by atoms with Crippen molar-refractivity contribution < 1.29 is 22.3 Å². The quantitative estimate of drug-likeness (QED) is 0.771. The zero-order chi connectivity index (χ0) is 14.0. The third-order valence-corrected chi connectivity index (χ3v) is 4.10. The summed E-state index contributed by atoms with van der Waals surface area (Å²) in [6.07, 6.45) is 0. The number of rotatable bonds is 2. The lowest BCUT2D eigenvalue weighted by Gasteiger charge is -2.27. The van der Waals surface area contributed by atoms with Gasteiger partial charge in [0.25, 0.3) is 15.0 Å². The van der Waals surface area contributed by atoms with Crippen LogP contribution in [0, 0.1) is 5.82 Å². The Hall–Kier alpha value is -1.18. The van der Waals surface area contributed by atoms with Crippen LogP contribution < -0.4 is 0 Å². The molecule has 0 N–H and O–H groups in total. The number of morpholine rings is 1. The zero-order valence-corrected chi connectivity index (χ0v) is 11.4. The normalized spacial score (nSPS) is 16.4. The van der Waals surface area contributed by atoms with Crippen LogP contribution in [0.25, 0.3) is 0 Å². The van der Waals surface area contributed by atoms with E-state index in [0.29, 0.717) is 26.3 Å². The molecule has 0 aliphatic carbocycles. The lowest BCUT2D eigenvalue weighted by Crippen LogP contribution is -2.41. The average molecular weight is 308 g/mol. The third kappa shape index (κ3) is 3.23. The highest BCUT2D eigenvalue weighted by Crippen LogP contribution is 2.20. The van der Waals surface area contributed by atoms with E-state index in [2.05, 4.69) is 0 Å². The van der Waals surface area contributed by atoms with Crippen LogP contribution in [0.4, 0.5) is 4.39 Å².